The minimum absolute atomic E-state index is 0.300. The molecule has 1 saturated carbocycles. The highest BCUT2D eigenvalue weighted by Crippen LogP contribution is 2.39. The summed E-state index contributed by atoms with van der Waals surface area (Å²) in [5, 5.41) is 3.54. The topological polar surface area (TPSA) is 29.1 Å². The fourth-order valence-electron chi connectivity index (χ4n) is 3.05. The molecular weight excluding hydrogens is 186 g/mol. The largest absolute Gasteiger partial charge is 0.313 e. The zero-order valence-corrected chi connectivity index (χ0v) is 10.0. The smallest absolute Gasteiger partial charge is 0.137 e. The lowest BCUT2D eigenvalue weighted by molar-refractivity contribution is -0.128. The van der Waals surface area contributed by atoms with E-state index in [1.165, 1.54) is 19.3 Å². The van der Waals surface area contributed by atoms with E-state index in [-0.39, 0.29) is 0 Å². The molecule has 0 radical (unpaired) electrons. The molecule has 2 unspecified atom stereocenters. The average Bonchev–Trinajstić information content (AvgIpc) is 2.23. The van der Waals surface area contributed by atoms with Crippen LogP contribution in [0, 0.1) is 11.3 Å². The summed E-state index contributed by atoms with van der Waals surface area (Å²) >= 11 is 0. The van der Waals surface area contributed by atoms with Crippen molar-refractivity contribution < 1.29 is 4.79 Å². The first-order valence-electron chi connectivity index (χ1n) is 6.35. The fraction of sp³-hybridized carbons (Fsp3) is 0.923. The van der Waals surface area contributed by atoms with Crippen molar-refractivity contribution >= 4 is 5.78 Å². The van der Waals surface area contributed by atoms with Crippen LogP contribution >= 0.6 is 0 Å². The lowest BCUT2D eigenvalue weighted by Gasteiger charge is -2.39. The van der Waals surface area contributed by atoms with E-state index in [0.717, 1.165) is 25.8 Å². The van der Waals surface area contributed by atoms with Gasteiger partial charge < -0.3 is 5.32 Å². The number of carbonyl (C=O) groups is 1. The maximum Gasteiger partial charge on any atom is 0.137 e. The van der Waals surface area contributed by atoms with Gasteiger partial charge in [0, 0.05) is 18.4 Å². The highest BCUT2D eigenvalue weighted by atomic mass is 16.1. The number of rotatable bonds is 1. The fourth-order valence-corrected chi connectivity index (χ4v) is 3.05. The van der Waals surface area contributed by atoms with Crippen molar-refractivity contribution in [3.05, 3.63) is 0 Å². The number of carbonyl (C=O) groups excluding carboxylic acids is 1. The number of hydrogen-bond donors (Lipinski definition) is 1. The summed E-state index contributed by atoms with van der Waals surface area (Å²) in [5.41, 5.74) is 0.373. The third kappa shape index (κ3) is 2.60. The Hall–Kier alpha value is -0.370. The molecular formula is C13H23NO. The number of piperidine rings is 1. The van der Waals surface area contributed by atoms with Gasteiger partial charge in [-0.3, -0.25) is 4.79 Å². The van der Waals surface area contributed by atoms with E-state index in [1.807, 2.05) is 0 Å². The van der Waals surface area contributed by atoms with Gasteiger partial charge in [0.05, 0.1) is 0 Å². The molecule has 2 aliphatic rings. The van der Waals surface area contributed by atoms with Crippen LogP contribution in [-0.2, 0) is 4.79 Å². The predicted octanol–water partition coefficient (Wildman–Crippen LogP) is 2.52. The molecule has 1 N–H and O–H groups in total. The minimum atomic E-state index is 0.300. The predicted molar refractivity (Wildman–Crippen MR) is 61.8 cm³/mol. The first-order valence-corrected chi connectivity index (χ1v) is 6.35. The third-order valence-electron chi connectivity index (χ3n) is 4.07. The lowest BCUT2D eigenvalue weighted by Crippen LogP contribution is -2.46. The Morgan fingerprint density at radius 1 is 1.33 bits per heavy atom. The van der Waals surface area contributed by atoms with Gasteiger partial charge in [-0.05, 0) is 37.6 Å². The molecule has 0 spiro atoms. The van der Waals surface area contributed by atoms with Gasteiger partial charge in [-0.1, -0.05) is 20.3 Å². The molecule has 15 heavy (non-hydrogen) atoms. The Morgan fingerprint density at radius 2 is 2.13 bits per heavy atom. The first kappa shape index (κ1) is 11.1. The van der Waals surface area contributed by atoms with E-state index in [0.29, 0.717) is 23.2 Å². The van der Waals surface area contributed by atoms with Gasteiger partial charge in [0.2, 0.25) is 0 Å². The maximum absolute atomic E-state index is 11.9. The van der Waals surface area contributed by atoms with Crippen LogP contribution in [0.15, 0.2) is 0 Å². The van der Waals surface area contributed by atoms with Crippen molar-refractivity contribution in [1.29, 1.82) is 0 Å². The molecule has 1 saturated heterocycles. The molecule has 0 aromatic rings. The van der Waals surface area contributed by atoms with Crippen molar-refractivity contribution in [2.75, 3.05) is 6.54 Å². The SMILES string of the molecule is CC1(C)CCC(=O)C(C2CCCCN2)C1. The molecule has 2 nitrogen and oxygen atoms in total. The van der Waals surface area contributed by atoms with Crippen LogP contribution in [0.3, 0.4) is 0 Å². The second-order valence-electron chi connectivity index (χ2n) is 6.00. The van der Waals surface area contributed by atoms with E-state index >= 15 is 0 Å². The monoisotopic (exact) mass is 209 g/mol. The standard InChI is InChI=1S/C13H23NO/c1-13(2)7-6-12(15)10(9-13)11-5-3-4-8-14-11/h10-11,14H,3-9H2,1-2H3. The van der Waals surface area contributed by atoms with Gasteiger partial charge in [-0.15, -0.1) is 0 Å². The van der Waals surface area contributed by atoms with Crippen LogP contribution in [0.5, 0.6) is 0 Å². The third-order valence-corrected chi connectivity index (χ3v) is 4.07. The summed E-state index contributed by atoms with van der Waals surface area (Å²) in [6.45, 7) is 5.71. The Labute approximate surface area is 92.8 Å². The molecule has 2 heteroatoms. The highest BCUT2D eigenvalue weighted by Gasteiger charge is 2.38. The second-order valence-corrected chi connectivity index (χ2v) is 6.00. The Bertz CT molecular complexity index is 241. The van der Waals surface area contributed by atoms with E-state index in [4.69, 9.17) is 0 Å². The molecule has 0 aromatic carbocycles. The van der Waals surface area contributed by atoms with E-state index in [9.17, 15) is 4.79 Å². The molecule has 1 aliphatic carbocycles. The van der Waals surface area contributed by atoms with Crippen LogP contribution in [-0.4, -0.2) is 18.4 Å². The Balaban J connectivity index is 2.01. The van der Waals surface area contributed by atoms with Crippen LogP contribution in [0.1, 0.15) is 52.4 Å². The van der Waals surface area contributed by atoms with Crippen molar-refractivity contribution in [3.63, 3.8) is 0 Å². The summed E-state index contributed by atoms with van der Waals surface area (Å²) in [5.74, 6) is 0.808. The first-order chi connectivity index (χ1) is 7.08. The van der Waals surface area contributed by atoms with Crippen LogP contribution in [0.4, 0.5) is 0 Å². The van der Waals surface area contributed by atoms with Crippen LogP contribution < -0.4 is 5.32 Å². The molecule has 2 atom stereocenters. The van der Waals surface area contributed by atoms with Gasteiger partial charge in [0.25, 0.3) is 0 Å². The molecule has 86 valence electrons. The number of Topliss-reactive ketones (excluding diaryl/α,β-unsaturated/α-hetero) is 1. The molecule has 1 aliphatic heterocycles. The van der Waals surface area contributed by atoms with E-state index in [2.05, 4.69) is 19.2 Å². The zero-order chi connectivity index (χ0) is 10.9. The normalized spacial score (nSPS) is 36.5. The van der Waals surface area contributed by atoms with Gasteiger partial charge in [-0.25, -0.2) is 0 Å². The minimum Gasteiger partial charge on any atom is -0.313 e. The molecule has 2 fully saturated rings. The second kappa shape index (κ2) is 4.25. The molecule has 2 rings (SSSR count). The zero-order valence-electron chi connectivity index (χ0n) is 10.0. The maximum atomic E-state index is 11.9. The summed E-state index contributed by atoms with van der Waals surface area (Å²) in [6, 6.07) is 0.478. The number of hydrogen-bond acceptors (Lipinski definition) is 2. The number of ketones is 1. The summed E-state index contributed by atoms with van der Waals surface area (Å²) in [4.78, 5) is 11.9. The molecule has 1 heterocycles. The number of nitrogens with one attached hydrogen (secondary N) is 1. The summed E-state index contributed by atoms with van der Waals surface area (Å²) in [7, 11) is 0. The average molecular weight is 209 g/mol. The lowest BCUT2D eigenvalue weighted by atomic mass is 9.68. The molecule has 0 amide bonds. The van der Waals surface area contributed by atoms with Crippen molar-refractivity contribution in [1.82, 2.24) is 5.32 Å². The van der Waals surface area contributed by atoms with Gasteiger partial charge >= 0.3 is 0 Å². The van der Waals surface area contributed by atoms with Gasteiger partial charge in [-0.2, -0.15) is 0 Å². The summed E-state index contributed by atoms with van der Waals surface area (Å²) < 4.78 is 0. The Kier molecular flexibility index (Phi) is 3.15. The van der Waals surface area contributed by atoms with Crippen molar-refractivity contribution in [2.45, 2.75) is 58.4 Å². The Morgan fingerprint density at radius 3 is 2.80 bits per heavy atom. The van der Waals surface area contributed by atoms with Crippen LogP contribution in [0.2, 0.25) is 0 Å². The van der Waals surface area contributed by atoms with Crippen molar-refractivity contribution in [3.8, 4) is 0 Å². The van der Waals surface area contributed by atoms with Crippen LogP contribution in [0.25, 0.3) is 0 Å². The molecule has 0 bridgehead atoms. The quantitative estimate of drug-likeness (QED) is 0.719. The highest BCUT2D eigenvalue weighted by molar-refractivity contribution is 5.82. The summed E-state index contributed by atoms with van der Waals surface area (Å²) in [6.07, 6.45) is 6.74. The van der Waals surface area contributed by atoms with Gasteiger partial charge in [0.15, 0.2) is 0 Å². The van der Waals surface area contributed by atoms with E-state index < -0.39 is 0 Å². The van der Waals surface area contributed by atoms with E-state index in [1.54, 1.807) is 0 Å². The van der Waals surface area contributed by atoms with Crippen molar-refractivity contribution in [2.24, 2.45) is 11.3 Å². The molecule has 0 aromatic heterocycles. The van der Waals surface area contributed by atoms with Gasteiger partial charge in [0.1, 0.15) is 5.78 Å².